The minimum atomic E-state index is -1.07. The van der Waals surface area contributed by atoms with Crippen LogP contribution >= 0.6 is 11.6 Å². The van der Waals surface area contributed by atoms with E-state index in [0.717, 1.165) is 5.56 Å². The molecule has 180 valence electrons. The van der Waals surface area contributed by atoms with Gasteiger partial charge in [0.2, 0.25) is 5.91 Å². The lowest BCUT2D eigenvalue weighted by Gasteiger charge is -2.38. The number of carbonyl (C=O) groups is 3. The van der Waals surface area contributed by atoms with Gasteiger partial charge in [-0.2, -0.15) is 0 Å². The zero-order valence-corrected chi connectivity index (χ0v) is 19.8. The fraction of sp³-hybridized carbons (Fsp3) is 0.360. The van der Waals surface area contributed by atoms with Crippen molar-refractivity contribution in [3.63, 3.8) is 0 Å². The summed E-state index contributed by atoms with van der Waals surface area (Å²) in [7, 11) is 1.68. The van der Waals surface area contributed by atoms with Crippen LogP contribution < -0.4 is 0 Å². The number of urea groups is 1. The van der Waals surface area contributed by atoms with E-state index >= 15 is 0 Å². The van der Waals surface area contributed by atoms with Gasteiger partial charge in [0.1, 0.15) is 11.7 Å². The Labute approximate surface area is 202 Å². The van der Waals surface area contributed by atoms with Crippen LogP contribution in [0.1, 0.15) is 36.9 Å². The number of rotatable bonds is 9. The molecule has 2 unspecified atom stereocenters. The number of hydrogen-bond acceptors (Lipinski definition) is 3. The molecule has 0 saturated heterocycles. The Balaban J connectivity index is 1.65. The van der Waals surface area contributed by atoms with Gasteiger partial charge >= 0.3 is 12.0 Å². The minimum absolute atomic E-state index is 0.0713. The number of carboxylic acid groups (broad SMARTS) is 1. The molecule has 2 aromatic carbocycles. The molecule has 1 aliphatic rings. The van der Waals surface area contributed by atoms with Crippen LogP contribution in [-0.4, -0.2) is 58.7 Å². The van der Waals surface area contributed by atoms with Crippen LogP contribution in [0.3, 0.4) is 0 Å². The maximum absolute atomic E-state index is 13.0. The van der Waals surface area contributed by atoms with E-state index in [1.54, 1.807) is 55.3 Å². The number of carboxylic acids is 1. The molecule has 2 atom stereocenters. The van der Waals surface area contributed by atoms with Crippen molar-refractivity contribution in [3.8, 4) is 0 Å². The number of hydrogen-bond donors (Lipinski definition) is 1. The molecular weight excluding hydrogens is 461 g/mol. The molecule has 3 amide bonds. The number of carbonyl (C=O) groups excluding carboxylic acids is 2. The van der Waals surface area contributed by atoms with Crippen LogP contribution in [0.4, 0.5) is 9.18 Å². The van der Waals surface area contributed by atoms with Gasteiger partial charge in [-0.15, -0.1) is 0 Å². The number of benzene rings is 2. The van der Waals surface area contributed by atoms with Crippen molar-refractivity contribution in [1.29, 1.82) is 0 Å². The molecule has 3 rings (SSSR count). The zero-order chi connectivity index (χ0) is 24.8. The van der Waals surface area contributed by atoms with Crippen LogP contribution in [-0.2, 0) is 16.0 Å². The largest absolute Gasteiger partial charge is 0.481 e. The molecule has 34 heavy (non-hydrogen) atoms. The van der Waals surface area contributed by atoms with E-state index in [1.165, 1.54) is 17.0 Å². The lowest BCUT2D eigenvalue weighted by atomic mass is 9.87. The van der Waals surface area contributed by atoms with Gasteiger partial charge in [-0.25, -0.2) is 14.2 Å². The summed E-state index contributed by atoms with van der Waals surface area (Å²) >= 11 is 6.13. The van der Waals surface area contributed by atoms with Gasteiger partial charge in [-0.1, -0.05) is 35.9 Å². The average molecular weight is 488 g/mol. The first-order chi connectivity index (χ1) is 16.2. The summed E-state index contributed by atoms with van der Waals surface area (Å²) in [5.41, 5.74) is 1.73. The topological polar surface area (TPSA) is 90.3 Å². The Bertz CT molecular complexity index is 1090. The molecule has 0 radical (unpaired) electrons. The third-order valence-electron chi connectivity index (χ3n) is 5.93. The number of aliphatic carboxylic acids is 1. The summed E-state index contributed by atoms with van der Waals surface area (Å²) in [6.45, 7) is 2.15. The van der Waals surface area contributed by atoms with Gasteiger partial charge in [0, 0.05) is 37.3 Å². The van der Waals surface area contributed by atoms with Crippen LogP contribution in [0, 0.1) is 11.7 Å². The molecule has 1 aliphatic heterocycles. The molecule has 0 spiro atoms. The van der Waals surface area contributed by atoms with E-state index in [0.29, 0.717) is 30.0 Å². The third kappa shape index (κ3) is 6.20. The van der Waals surface area contributed by atoms with Crippen molar-refractivity contribution in [3.05, 3.63) is 70.5 Å². The first-order valence-corrected chi connectivity index (χ1v) is 11.4. The second-order valence-electron chi connectivity index (χ2n) is 8.34. The first-order valence-electron chi connectivity index (χ1n) is 11.0. The normalized spacial score (nSPS) is 17.9. The van der Waals surface area contributed by atoms with Crippen LogP contribution in [0.15, 0.2) is 53.5 Å². The van der Waals surface area contributed by atoms with E-state index in [4.69, 9.17) is 11.6 Å². The maximum atomic E-state index is 13.0. The molecule has 0 aromatic heterocycles. The summed E-state index contributed by atoms with van der Waals surface area (Å²) in [6, 6.07) is 11.6. The van der Waals surface area contributed by atoms with E-state index in [2.05, 4.69) is 4.99 Å². The summed E-state index contributed by atoms with van der Waals surface area (Å²) < 4.78 is 13.0. The van der Waals surface area contributed by atoms with Gasteiger partial charge in [0.05, 0.1) is 6.04 Å². The van der Waals surface area contributed by atoms with Gasteiger partial charge in [0.15, 0.2) is 0 Å². The molecule has 1 heterocycles. The highest BCUT2D eigenvalue weighted by Crippen LogP contribution is 2.35. The Hall–Kier alpha value is -3.26. The third-order valence-corrected chi connectivity index (χ3v) is 6.17. The molecule has 9 heteroatoms. The van der Waals surface area contributed by atoms with Crippen LogP contribution in [0.25, 0.3) is 0 Å². The predicted molar refractivity (Wildman–Crippen MR) is 128 cm³/mol. The number of aryl methyl sites for hydroxylation is 1. The van der Waals surface area contributed by atoms with Crippen LogP contribution in [0.2, 0.25) is 5.02 Å². The molecule has 1 N–H and O–H groups in total. The Morgan fingerprint density at radius 3 is 2.56 bits per heavy atom. The van der Waals surface area contributed by atoms with E-state index in [9.17, 15) is 23.9 Å². The Morgan fingerprint density at radius 1 is 1.21 bits per heavy atom. The second-order valence-corrected chi connectivity index (χ2v) is 8.78. The molecule has 0 saturated carbocycles. The molecule has 7 nitrogen and oxygen atoms in total. The van der Waals surface area contributed by atoms with Gasteiger partial charge in [-0.05, 0) is 55.2 Å². The Morgan fingerprint density at radius 2 is 1.91 bits per heavy atom. The quantitative estimate of drug-likeness (QED) is 0.559. The van der Waals surface area contributed by atoms with Crippen molar-refractivity contribution >= 4 is 35.2 Å². The maximum Gasteiger partial charge on any atom is 0.344 e. The summed E-state index contributed by atoms with van der Waals surface area (Å²) in [4.78, 5) is 44.2. The highest BCUT2D eigenvalue weighted by Gasteiger charge is 2.42. The number of nitrogens with zero attached hydrogens (tertiary/aromatic N) is 3. The summed E-state index contributed by atoms with van der Waals surface area (Å²) in [5, 5.41) is 10.3. The van der Waals surface area contributed by atoms with Gasteiger partial charge in [-0.3, -0.25) is 9.59 Å². The molecule has 0 bridgehead atoms. The van der Waals surface area contributed by atoms with Crippen molar-refractivity contribution in [2.45, 2.75) is 32.2 Å². The standard InChI is InChI=1S/C25H27ClFN3O4/c1-16-22(24(32)33)23(18-5-3-6-19(26)15-18)30(25(34)28-16)14-4-13-29(2)21(31)12-9-17-7-10-20(27)11-8-17/h3,5-8,10-11,15,22-23H,4,9,12-14H2,1-2H3,(H,32,33). The van der Waals surface area contributed by atoms with Gasteiger partial charge in [0.25, 0.3) is 0 Å². The van der Waals surface area contributed by atoms with E-state index in [-0.39, 0.29) is 30.4 Å². The highest BCUT2D eigenvalue weighted by atomic mass is 35.5. The molecule has 2 aromatic rings. The highest BCUT2D eigenvalue weighted by molar-refractivity contribution is 6.30. The smallest absolute Gasteiger partial charge is 0.344 e. The SMILES string of the molecule is CC1=NC(=O)N(CCCN(C)C(=O)CCc2ccc(F)cc2)C(c2cccc(Cl)c2)C1C(=O)O. The lowest BCUT2D eigenvalue weighted by Crippen LogP contribution is -2.47. The van der Waals surface area contributed by atoms with Crippen molar-refractivity contribution < 1.29 is 23.9 Å². The lowest BCUT2D eigenvalue weighted by molar-refractivity contribution is -0.141. The summed E-state index contributed by atoms with van der Waals surface area (Å²) in [5.74, 6) is -2.46. The fourth-order valence-corrected chi connectivity index (χ4v) is 4.32. The molecule has 0 fully saturated rings. The zero-order valence-electron chi connectivity index (χ0n) is 19.1. The van der Waals surface area contributed by atoms with Crippen molar-refractivity contribution in [2.75, 3.05) is 20.1 Å². The first kappa shape index (κ1) is 25.4. The van der Waals surface area contributed by atoms with Crippen molar-refractivity contribution in [1.82, 2.24) is 9.80 Å². The van der Waals surface area contributed by atoms with Crippen LogP contribution in [0.5, 0.6) is 0 Å². The second kappa shape index (κ2) is 11.2. The fourth-order valence-electron chi connectivity index (χ4n) is 4.12. The molecule has 0 aliphatic carbocycles. The monoisotopic (exact) mass is 487 g/mol. The number of aliphatic imine (C=N–C) groups is 1. The van der Waals surface area contributed by atoms with Gasteiger partial charge < -0.3 is 14.9 Å². The average Bonchev–Trinajstić information content (AvgIpc) is 2.79. The Kier molecular flexibility index (Phi) is 8.39. The number of halogens is 2. The number of amides is 3. The van der Waals surface area contributed by atoms with Crippen molar-refractivity contribution in [2.24, 2.45) is 10.9 Å². The van der Waals surface area contributed by atoms with E-state index in [1.807, 2.05) is 0 Å². The predicted octanol–water partition coefficient (Wildman–Crippen LogP) is 4.60. The molecular formula is C25H27ClFN3O4. The van der Waals surface area contributed by atoms with E-state index < -0.39 is 24.0 Å². The minimum Gasteiger partial charge on any atom is -0.481 e. The summed E-state index contributed by atoms with van der Waals surface area (Å²) in [6.07, 6.45) is 1.22.